The summed E-state index contributed by atoms with van der Waals surface area (Å²) < 4.78 is 17.3. The van der Waals surface area contributed by atoms with E-state index in [1.54, 1.807) is 27.9 Å². The first-order chi connectivity index (χ1) is 20.3. The van der Waals surface area contributed by atoms with Gasteiger partial charge in [0.25, 0.3) is 0 Å². The Morgan fingerprint density at radius 1 is 0.791 bits per heavy atom. The first-order valence-corrected chi connectivity index (χ1v) is 15.1. The van der Waals surface area contributed by atoms with Crippen LogP contribution < -0.4 is 16.0 Å². The van der Waals surface area contributed by atoms with Crippen LogP contribution in [0, 0.1) is 17.8 Å². The van der Waals surface area contributed by atoms with E-state index >= 15 is 0 Å². The number of alkyl carbamates (subject to hydrolysis) is 1. The Balaban J connectivity index is 2.15. The van der Waals surface area contributed by atoms with Crippen LogP contribution >= 0.6 is 0 Å². The molecule has 0 radical (unpaired) electrons. The predicted molar refractivity (Wildman–Crippen MR) is 168 cm³/mol. The van der Waals surface area contributed by atoms with Crippen LogP contribution in [-0.2, 0) is 37.0 Å². The number of hydrogen-bond acceptors (Lipinski definition) is 6. The molecule has 43 heavy (non-hydrogen) atoms. The van der Waals surface area contributed by atoms with E-state index in [0.29, 0.717) is 19.6 Å². The van der Waals surface area contributed by atoms with Crippen molar-refractivity contribution in [2.75, 3.05) is 13.7 Å². The molecular formula is C34H51N3O6. The van der Waals surface area contributed by atoms with Gasteiger partial charge in [-0.25, -0.2) is 4.79 Å². The molecule has 0 fully saturated rings. The molecule has 0 bridgehead atoms. The molecule has 0 aliphatic carbocycles. The first kappa shape index (κ1) is 35.8. The Hall–Kier alpha value is -3.43. The maximum absolute atomic E-state index is 13.7. The summed E-state index contributed by atoms with van der Waals surface area (Å²) in [5, 5.41) is 8.83. The summed E-state index contributed by atoms with van der Waals surface area (Å²) in [6, 6.07) is 18.1. The molecule has 238 valence electrons. The van der Waals surface area contributed by atoms with Gasteiger partial charge in [-0.3, -0.25) is 9.59 Å². The minimum Gasteiger partial charge on any atom is -0.444 e. The molecule has 3 N–H and O–H groups in total. The SMILES string of the molecule is CO[C@@H](C[C@H](C(=O)N[C@H](C(=O)NCc1ccccc1)C(C)C)C(C)C)[C@H](COCc1ccccc1)NC(=O)OC(C)(C)C. The molecule has 0 spiro atoms. The molecule has 2 aromatic rings. The number of hydrogen-bond donors (Lipinski definition) is 3. The smallest absolute Gasteiger partial charge is 0.408 e. The highest BCUT2D eigenvalue weighted by Gasteiger charge is 2.34. The summed E-state index contributed by atoms with van der Waals surface area (Å²) in [7, 11) is 1.55. The van der Waals surface area contributed by atoms with Crippen LogP contribution in [0.3, 0.4) is 0 Å². The van der Waals surface area contributed by atoms with Gasteiger partial charge in [-0.2, -0.15) is 0 Å². The summed E-state index contributed by atoms with van der Waals surface area (Å²) >= 11 is 0. The average molecular weight is 598 g/mol. The number of methoxy groups -OCH3 is 1. The number of nitrogens with one attached hydrogen (secondary N) is 3. The molecule has 2 aromatic carbocycles. The number of ether oxygens (including phenoxy) is 3. The van der Waals surface area contributed by atoms with E-state index in [9.17, 15) is 14.4 Å². The second-order valence-electron chi connectivity index (χ2n) is 12.5. The fraction of sp³-hybridized carbons (Fsp3) is 0.559. The van der Waals surface area contributed by atoms with E-state index in [1.807, 2.05) is 88.4 Å². The van der Waals surface area contributed by atoms with E-state index in [4.69, 9.17) is 14.2 Å². The molecule has 9 nitrogen and oxygen atoms in total. The highest BCUT2D eigenvalue weighted by atomic mass is 16.6. The molecule has 3 amide bonds. The van der Waals surface area contributed by atoms with Crippen molar-refractivity contribution < 1.29 is 28.6 Å². The number of carbonyl (C=O) groups excluding carboxylic acids is 3. The first-order valence-electron chi connectivity index (χ1n) is 15.1. The van der Waals surface area contributed by atoms with Crippen LogP contribution in [0.2, 0.25) is 0 Å². The van der Waals surface area contributed by atoms with Crippen molar-refractivity contribution in [2.45, 2.75) is 91.8 Å². The van der Waals surface area contributed by atoms with Gasteiger partial charge >= 0.3 is 6.09 Å². The minimum atomic E-state index is -0.705. The Kier molecular flexibility index (Phi) is 14.7. The summed E-state index contributed by atoms with van der Waals surface area (Å²) in [6.45, 7) is 14.0. The standard InChI is InChI=1S/C34H51N3O6/c1-23(2)27(31(38)37-30(24(3)4)32(39)35-20-25-15-11-9-12-16-25)19-29(41-8)28(36-33(40)43-34(5,6)7)22-42-21-26-17-13-10-14-18-26/h9-18,23-24,27-30H,19-22H2,1-8H3,(H,35,39)(H,36,40)(H,37,38)/t27-,28-,29-,30-/m0/s1. The van der Waals surface area contributed by atoms with Gasteiger partial charge in [0.2, 0.25) is 11.8 Å². The normalized spacial score (nSPS) is 14.5. The molecule has 0 unspecified atom stereocenters. The number of amides is 3. The summed E-state index contributed by atoms with van der Waals surface area (Å²) in [5.41, 5.74) is 1.29. The maximum Gasteiger partial charge on any atom is 0.408 e. The average Bonchev–Trinajstić information content (AvgIpc) is 2.94. The van der Waals surface area contributed by atoms with Crippen molar-refractivity contribution in [3.63, 3.8) is 0 Å². The van der Waals surface area contributed by atoms with Crippen LogP contribution in [0.1, 0.15) is 66.0 Å². The lowest BCUT2D eigenvalue weighted by Crippen LogP contribution is -2.53. The Morgan fingerprint density at radius 3 is 1.88 bits per heavy atom. The van der Waals surface area contributed by atoms with Crippen LogP contribution in [0.15, 0.2) is 60.7 Å². The van der Waals surface area contributed by atoms with Gasteiger partial charge in [-0.05, 0) is 50.2 Å². The zero-order valence-electron chi connectivity index (χ0n) is 27.0. The molecule has 0 saturated heterocycles. The Bertz CT molecular complexity index is 1120. The van der Waals surface area contributed by atoms with Crippen molar-refractivity contribution in [2.24, 2.45) is 17.8 Å². The van der Waals surface area contributed by atoms with E-state index in [-0.39, 0.29) is 30.3 Å². The second kappa shape index (κ2) is 17.6. The van der Waals surface area contributed by atoms with Crippen molar-refractivity contribution in [1.82, 2.24) is 16.0 Å². The fourth-order valence-corrected chi connectivity index (χ4v) is 4.63. The lowest BCUT2D eigenvalue weighted by molar-refractivity contribution is -0.134. The predicted octanol–water partition coefficient (Wildman–Crippen LogP) is 5.23. The Morgan fingerprint density at radius 2 is 1.37 bits per heavy atom. The molecule has 0 aromatic heterocycles. The number of carbonyl (C=O) groups is 3. The van der Waals surface area contributed by atoms with Gasteiger partial charge in [0.1, 0.15) is 11.6 Å². The van der Waals surface area contributed by atoms with Gasteiger partial charge in [0, 0.05) is 19.6 Å². The highest BCUT2D eigenvalue weighted by molar-refractivity contribution is 5.88. The lowest BCUT2D eigenvalue weighted by Gasteiger charge is -2.32. The van der Waals surface area contributed by atoms with Gasteiger partial charge in [-0.15, -0.1) is 0 Å². The number of rotatable bonds is 16. The molecule has 0 aliphatic rings. The maximum atomic E-state index is 13.7. The van der Waals surface area contributed by atoms with Crippen molar-refractivity contribution >= 4 is 17.9 Å². The number of benzene rings is 2. The summed E-state index contributed by atoms with van der Waals surface area (Å²) in [6.07, 6.45) is -0.861. The molecule has 2 rings (SSSR count). The summed E-state index contributed by atoms with van der Waals surface area (Å²) in [4.78, 5) is 39.6. The molecule has 9 heteroatoms. The molecular weight excluding hydrogens is 546 g/mol. The Labute approximate surface area is 257 Å². The molecule has 0 saturated carbocycles. The molecule has 0 aliphatic heterocycles. The highest BCUT2D eigenvalue weighted by Crippen LogP contribution is 2.22. The van der Waals surface area contributed by atoms with E-state index in [2.05, 4.69) is 16.0 Å². The zero-order valence-corrected chi connectivity index (χ0v) is 27.0. The van der Waals surface area contributed by atoms with Crippen molar-refractivity contribution in [3.05, 3.63) is 71.8 Å². The van der Waals surface area contributed by atoms with Crippen molar-refractivity contribution in [1.29, 1.82) is 0 Å². The van der Waals surface area contributed by atoms with E-state index in [0.717, 1.165) is 11.1 Å². The van der Waals surface area contributed by atoms with Gasteiger partial charge in [0.05, 0.1) is 25.4 Å². The van der Waals surface area contributed by atoms with Gasteiger partial charge in [0.15, 0.2) is 0 Å². The third-order valence-corrected chi connectivity index (χ3v) is 7.05. The lowest BCUT2D eigenvalue weighted by atomic mass is 9.86. The largest absolute Gasteiger partial charge is 0.444 e. The van der Waals surface area contributed by atoms with Crippen LogP contribution in [0.5, 0.6) is 0 Å². The summed E-state index contributed by atoms with van der Waals surface area (Å²) in [5.74, 6) is -1.17. The zero-order chi connectivity index (χ0) is 32.0. The molecule has 4 atom stereocenters. The van der Waals surface area contributed by atoms with Gasteiger partial charge < -0.3 is 30.2 Å². The van der Waals surface area contributed by atoms with Crippen LogP contribution in [0.4, 0.5) is 4.79 Å². The minimum absolute atomic E-state index is 0.0646. The van der Waals surface area contributed by atoms with Crippen LogP contribution in [-0.4, -0.2) is 55.4 Å². The molecule has 0 heterocycles. The fourth-order valence-electron chi connectivity index (χ4n) is 4.63. The quantitative estimate of drug-likeness (QED) is 0.244. The van der Waals surface area contributed by atoms with Crippen LogP contribution in [0.25, 0.3) is 0 Å². The third kappa shape index (κ3) is 13.2. The monoisotopic (exact) mass is 597 g/mol. The third-order valence-electron chi connectivity index (χ3n) is 7.05. The van der Waals surface area contributed by atoms with E-state index < -0.39 is 35.8 Å². The second-order valence-corrected chi connectivity index (χ2v) is 12.5. The van der Waals surface area contributed by atoms with E-state index in [1.165, 1.54) is 0 Å². The van der Waals surface area contributed by atoms with Crippen molar-refractivity contribution in [3.8, 4) is 0 Å². The van der Waals surface area contributed by atoms with Gasteiger partial charge in [-0.1, -0.05) is 88.4 Å². The topological polar surface area (TPSA) is 115 Å².